The van der Waals surface area contributed by atoms with Crippen LogP contribution in [0.25, 0.3) is 22.6 Å². The summed E-state index contributed by atoms with van der Waals surface area (Å²) in [5.41, 5.74) is 1.55. The van der Waals surface area contributed by atoms with Gasteiger partial charge in [-0.15, -0.1) is 15.3 Å². The fourth-order valence-corrected chi connectivity index (χ4v) is 5.27. The minimum absolute atomic E-state index is 0.0374. The van der Waals surface area contributed by atoms with Gasteiger partial charge >= 0.3 is 0 Å². The molecule has 0 unspecified atom stereocenters. The van der Waals surface area contributed by atoms with E-state index in [0.717, 1.165) is 23.3 Å². The molecule has 41 heavy (non-hydrogen) atoms. The standard InChI is InChI=1S/C26H26F3N7O5/c1-35-32-25(31-33-35)15-5-3-14(4-6-15)13-39-24-22(23(38)20(12-37)41-26(24)7-2-8-40-26)36-11-19(30-34-36)16-9-17(27)21(29)18(28)10-16/h3-6,9-11,20,22-24,37-38H,2,7-8,12-13H2,1H3/t20-,22+,23+,24-,26+/m1/s1. The molecule has 2 fully saturated rings. The largest absolute Gasteiger partial charge is 0.394 e. The van der Waals surface area contributed by atoms with Crippen LogP contribution in [0.1, 0.15) is 24.4 Å². The second-order valence-electron chi connectivity index (χ2n) is 9.95. The normalized spacial score (nSPS) is 26.2. The van der Waals surface area contributed by atoms with Crippen LogP contribution in [0.15, 0.2) is 42.6 Å². The van der Waals surface area contributed by atoms with Crippen molar-refractivity contribution < 1.29 is 37.6 Å². The Morgan fingerprint density at radius 3 is 2.46 bits per heavy atom. The highest BCUT2D eigenvalue weighted by molar-refractivity contribution is 5.58. The van der Waals surface area contributed by atoms with Crippen LogP contribution in [0.3, 0.4) is 0 Å². The number of aromatic nitrogens is 7. The molecule has 0 saturated carbocycles. The van der Waals surface area contributed by atoms with E-state index in [-0.39, 0.29) is 17.9 Å². The quantitative estimate of drug-likeness (QED) is 0.315. The molecule has 2 aromatic carbocycles. The maximum absolute atomic E-state index is 13.9. The van der Waals surface area contributed by atoms with Crippen molar-refractivity contribution in [2.45, 2.75) is 49.6 Å². The van der Waals surface area contributed by atoms with Crippen molar-refractivity contribution in [1.82, 2.24) is 35.2 Å². The van der Waals surface area contributed by atoms with Crippen molar-refractivity contribution in [1.29, 1.82) is 0 Å². The molecule has 1 spiro atoms. The Bertz CT molecular complexity index is 1500. The zero-order chi connectivity index (χ0) is 28.7. The van der Waals surface area contributed by atoms with Crippen molar-refractivity contribution >= 4 is 0 Å². The van der Waals surface area contributed by atoms with Crippen LogP contribution < -0.4 is 0 Å². The van der Waals surface area contributed by atoms with E-state index in [1.807, 2.05) is 24.3 Å². The molecule has 12 nitrogen and oxygen atoms in total. The van der Waals surface area contributed by atoms with Crippen LogP contribution in [-0.2, 0) is 27.9 Å². The van der Waals surface area contributed by atoms with Gasteiger partial charge in [-0.3, -0.25) is 0 Å². The Kier molecular flexibility index (Phi) is 7.29. The number of aliphatic hydroxyl groups is 2. The fraction of sp³-hybridized carbons (Fsp3) is 0.423. The lowest BCUT2D eigenvalue weighted by Gasteiger charge is -2.49. The van der Waals surface area contributed by atoms with Crippen molar-refractivity contribution in [2.24, 2.45) is 7.05 Å². The van der Waals surface area contributed by atoms with Gasteiger partial charge in [-0.1, -0.05) is 29.5 Å². The molecule has 2 N–H and O–H groups in total. The van der Waals surface area contributed by atoms with Crippen molar-refractivity contribution in [3.63, 3.8) is 0 Å². The Labute approximate surface area is 231 Å². The maximum atomic E-state index is 13.9. The lowest BCUT2D eigenvalue weighted by Crippen LogP contribution is -2.63. The molecule has 0 bridgehead atoms. The molecule has 5 atom stereocenters. The van der Waals surface area contributed by atoms with E-state index in [4.69, 9.17) is 14.2 Å². The zero-order valence-electron chi connectivity index (χ0n) is 21.8. The molecular formula is C26H26F3N7O5. The third kappa shape index (κ3) is 5.10. The molecule has 4 heterocycles. The van der Waals surface area contributed by atoms with Gasteiger partial charge in [0.15, 0.2) is 23.2 Å². The summed E-state index contributed by atoms with van der Waals surface area (Å²) in [5.74, 6) is -5.18. The van der Waals surface area contributed by atoms with Gasteiger partial charge in [-0.05, 0) is 29.3 Å². The monoisotopic (exact) mass is 573 g/mol. The first-order valence-corrected chi connectivity index (χ1v) is 12.9. The van der Waals surface area contributed by atoms with Gasteiger partial charge in [0.2, 0.25) is 5.82 Å². The smallest absolute Gasteiger partial charge is 0.204 e. The van der Waals surface area contributed by atoms with Crippen LogP contribution in [0.2, 0.25) is 0 Å². The Morgan fingerprint density at radius 2 is 1.83 bits per heavy atom. The van der Waals surface area contributed by atoms with Gasteiger partial charge in [0.1, 0.15) is 30.0 Å². The Hall–Kier alpha value is -3.76. The fourth-order valence-electron chi connectivity index (χ4n) is 5.27. The summed E-state index contributed by atoms with van der Waals surface area (Å²) >= 11 is 0. The number of benzene rings is 2. The molecule has 4 aromatic rings. The van der Waals surface area contributed by atoms with E-state index in [9.17, 15) is 23.4 Å². The molecule has 0 amide bonds. The Morgan fingerprint density at radius 1 is 1.07 bits per heavy atom. The molecule has 15 heteroatoms. The first-order chi connectivity index (χ1) is 19.8. The molecule has 2 aliphatic rings. The lowest BCUT2D eigenvalue weighted by atomic mass is 9.88. The number of tetrazole rings is 1. The minimum Gasteiger partial charge on any atom is -0.394 e. The van der Waals surface area contributed by atoms with Gasteiger partial charge in [0, 0.05) is 17.5 Å². The number of ether oxygens (including phenoxy) is 3. The molecule has 2 aliphatic heterocycles. The summed E-state index contributed by atoms with van der Waals surface area (Å²) < 4.78 is 61.1. The van der Waals surface area contributed by atoms with Gasteiger partial charge < -0.3 is 24.4 Å². The van der Waals surface area contributed by atoms with E-state index < -0.39 is 54.2 Å². The molecule has 0 radical (unpaired) electrons. The molecule has 6 rings (SSSR count). The van der Waals surface area contributed by atoms with Crippen LogP contribution in [0.4, 0.5) is 13.2 Å². The SMILES string of the molecule is Cn1nnc(-c2ccc(CO[C@@H]3[C@@H](n4cc(-c5cc(F)c(F)c(F)c5)nn4)[C@@H](O)[C@@H](CO)O[C@@]34CCCO4)cc2)n1. The topological polar surface area (TPSA) is 142 Å². The molecule has 2 aromatic heterocycles. The number of hydrogen-bond donors (Lipinski definition) is 2. The summed E-state index contributed by atoms with van der Waals surface area (Å²) in [4.78, 5) is 1.36. The summed E-state index contributed by atoms with van der Waals surface area (Å²) in [6.45, 7) is -0.0447. The van der Waals surface area contributed by atoms with Gasteiger partial charge in [0.05, 0.1) is 33.1 Å². The summed E-state index contributed by atoms with van der Waals surface area (Å²) in [6, 6.07) is 7.97. The molecular weight excluding hydrogens is 547 g/mol. The first kappa shape index (κ1) is 27.4. The van der Waals surface area contributed by atoms with Gasteiger partial charge in [0.25, 0.3) is 0 Å². The minimum atomic E-state index is -1.60. The Balaban J connectivity index is 1.31. The second kappa shape index (κ2) is 10.9. The van der Waals surface area contributed by atoms with E-state index in [2.05, 4.69) is 25.7 Å². The first-order valence-electron chi connectivity index (χ1n) is 12.9. The predicted molar refractivity (Wildman–Crippen MR) is 133 cm³/mol. The number of rotatable bonds is 7. The van der Waals surface area contributed by atoms with Crippen molar-refractivity contribution in [3.8, 4) is 22.6 Å². The highest BCUT2D eigenvalue weighted by Crippen LogP contribution is 2.45. The number of aryl methyl sites for hydroxylation is 1. The van der Waals surface area contributed by atoms with Crippen LogP contribution in [0, 0.1) is 17.5 Å². The van der Waals surface area contributed by atoms with Crippen LogP contribution >= 0.6 is 0 Å². The summed E-state index contributed by atoms with van der Waals surface area (Å²) in [7, 11) is 1.67. The average molecular weight is 574 g/mol. The molecule has 0 aliphatic carbocycles. The van der Waals surface area contributed by atoms with Crippen LogP contribution in [0.5, 0.6) is 0 Å². The van der Waals surface area contributed by atoms with E-state index in [1.165, 1.54) is 15.7 Å². The van der Waals surface area contributed by atoms with E-state index >= 15 is 0 Å². The number of aliphatic hydroxyl groups excluding tert-OH is 2. The van der Waals surface area contributed by atoms with Gasteiger partial charge in [-0.25, -0.2) is 17.9 Å². The number of nitrogens with zero attached hydrogens (tertiary/aromatic N) is 7. The highest BCUT2D eigenvalue weighted by atomic mass is 19.2. The third-order valence-electron chi connectivity index (χ3n) is 7.27. The summed E-state index contributed by atoms with van der Waals surface area (Å²) in [6.07, 6.45) is -0.852. The number of halogens is 3. The van der Waals surface area contributed by atoms with E-state index in [0.29, 0.717) is 25.3 Å². The predicted octanol–water partition coefficient (Wildman–Crippen LogP) is 1.94. The van der Waals surface area contributed by atoms with Crippen molar-refractivity contribution in [2.75, 3.05) is 13.2 Å². The van der Waals surface area contributed by atoms with E-state index in [1.54, 1.807) is 7.05 Å². The summed E-state index contributed by atoms with van der Waals surface area (Å²) in [5, 5.41) is 41.4. The van der Waals surface area contributed by atoms with Crippen LogP contribution in [-0.4, -0.2) is 82.7 Å². The zero-order valence-corrected chi connectivity index (χ0v) is 21.8. The number of hydrogen-bond acceptors (Lipinski definition) is 10. The molecule has 216 valence electrons. The highest BCUT2D eigenvalue weighted by Gasteiger charge is 2.58. The van der Waals surface area contributed by atoms with Crippen molar-refractivity contribution in [3.05, 3.63) is 65.6 Å². The second-order valence-corrected chi connectivity index (χ2v) is 9.95. The maximum Gasteiger partial charge on any atom is 0.204 e. The van der Waals surface area contributed by atoms with Gasteiger partial charge in [-0.2, -0.15) is 4.80 Å². The molecule has 2 saturated heterocycles. The lowest BCUT2D eigenvalue weighted by molar-refractivity contribution is -0.348. The third-order valence-corrected chi connectivity index (χ3v) is 7.27. The average Bonchev–Trinajstić information content (AvgIpc) is 3.74.